The lowest BCUT2D eigenvalue weighted by Crippen LogP contribution is -2.60. The summed E-state index contributed by atoms with van der Waals surface area (Å²) in [6.45, 7) is 14.2. The van der Waals surface area contributed by atoms with E-state index in [4.69, 9.17) is 9.84 Å². The van der Waals surface area contributed by atoms with Crippen molar-refractivity contribution < 1.29 is 29.3 Å². The van der Waals surface area contributed by atoms with Gasteiger partial charge >= 0.3 is 5.97 Å². The highest BCUT2D eigenvalue weighted by atomic mass is 16.5. The van der Waals surface area contributed by atoms with Crippen LogP contribution < -0.4 is 0 Å². The number of fused-ring (bicyclic) bond motifs is 1. The van der Waals surface area contributed by atoms with Gasteiger partial charge in [-0.05, 0) is 52.9 Å². The zero-order chi connectivity index (χ0) is 24.8. The number of hydrogen-bond acceptors (Lipinski definition) is 5. The fourth-order valence-corrected chi connectivity index (χ4v) is 6.35. The van der Waals surface area contributed by atoms with Gasteiger partial charge in [0, 0.05) is 25.2 Å². The van der Waals surface area contributed by atoms with Gasteiger partial charge in [-0.25, -0.2) is 0 Å². The summed E-state index contributed by atoms with van der Waals surface area (Å²) in [5.74, 6) is -3.48. The molecule has 1 spiro atoms. The van der Waals surface area contributed by atoms with Crippen LogP contribution in [0.3, 0.4) is 0 Å². The second-order valence-electron chi connectivity index (χ2n) is 11.1. The van der Waals surface area contributed by atoms with E-state index in [1.165, 1.54) is 0 Å². The number of aliphatic hydroxyl groups is 1. The number of carboxylic acid groups (broad SMARTS) is 1. The van der Waals surface area contributed by atoms with Crippen LogP contribution in [0.15, 0.2) is 12.7 Å². The molecular weight excluding hydrogens is 424 g/mol. The molecule has 0 aliphatic carbocycles. The molecule has 0 radical (unpaired) electrons. The summed E-state index contributed by atoms with van der Waals surface area (Å²) < 4.78 is 6.53. The third kappa shape index (κ3) is 3.99. The van der Waals surface area contributed by atoms with Gasteiger partial charge in [0.25, 0.3) is 0 Å². The SMILES string of the molecule is C=CCN(C(=O)C1N(CCCCCCO)C(=O)[C@@H]2[C@H](C(=O)O)[C@@]3(C)OC12CC3C)C(C)(C)C. The Kier molecular flexibility index (Phi) is 7.02. The molecule has 186 valence electrons. The van der Waals surface area contributed by atoms with Crippen LogP contribution in [0.4, 0.5) is 0 Å². The van der Waals surface area contributed by atoms with Crippen LogP contribution in [0.5, 0.6) is 0 Å². The zero-order valence-corrected chi connectivity index (χ0v) is 20.7. The normalized spacial score (nSPS) is 35.1. The van der Waals surface area contributed by atoms with E-state index >= 15 is 0 Å². The number of likely N-dealkylation sites (tertiary alicyclic amines) is 1. The standard InChI is InChI=1S/C25H40N2O6/c1-7-12-27(23(3,4)5)21(30)19-25-15-16(2)24(6,33-25)18(22(31)32)17(25)20(29)26(19)13-10-8-9-11-14-28/h7,16-19,28H,1,8-15H2,2-6H3,(H,31,32)/t16?,17-,18+,19?,24-,25?/m0/s1. The highest BCUT2D eigenvalue weighted by molar-refractivity contribution is 5.98. The van der Waals surface area contributed by atoms with Gasteiger partial charge in [-0.15, -0.1) is 6.58 Å². The molecule has 2 bridgehead atoms. The first kappa shape index (κ1) is 25.7. The minimum absolute atomic E-state index is 0.0926. The molecule has 8 heteroatoms. The molecule has 6 atom stereocenters. The molecule has 3 heterocycles. The van der Waals surface area contributed by atoms with Crippen molar-refractivity contribution >= 4 is 17.8 Å². The van der Waals surface area contributed by atoms with Crippen LogP contribution in [0.1, 0.15) is 66.7 Å². The number of carbonyl (C=O) groups excluding carboxylic acids is 2. The van der Waals surface area contributed by atoms with Crippen molar-refractivity contribution in [2.45, 2.75) is 89.5 Å². The molecule has 3 unspecified atom stereocenters. The number of hydrogen-bond donors (Lipinski definition) is 2. The van der Waals surface area contributed by atoms with E-state index in [1.807, 2.05) is 27.7 Å². The second kappa shape index (κ2) is 9.02. The Balaban J connectivity index is 2.03. The van der Waals surface area contributed by atoms with Gasteiger partial charge in [0.05, 0.1) is 11.5 Å². The first-order chi connectivity index (χ1) is 15.4. The molecular formula is C25H40N2O6. The molecule has 0 aromatic rings. The number of amides is 2. The smallest absolute Gasteiger partial charge is 0.310 e. The first-order valence-electron chi connectivity index (χ1n) is 12.1. The van der Waals surface area contributed by atoms with Crippen molar-refractivity contribution in [1.29, 1.82) is 0 Å². The molecule has 2 amide bonds. The maximum absolute atomic E-state index is 14.1. The molecule has 3 rings (SSSR count). The summed E-state index contributed by atoms with van der Waals surface area (Å²) in [5.41, 5.74) is -2.63. The van der Waals surface area contributed by atoms with E-state index in [-0.39, 0.29) is 24.3 Å². The summed E-state index contributed by atoms with van der Waals surface area (Å²) in [7, 11) is 0. The van der Waals surface area contributed by atoms with Gasteiger partial charge in [-0.3, -0.25) is 14.4 Å². The van der Waals surface area contributed by atoms with Crippen molar-refractivity contribution in [2.75, 3.05) is 19.7 Å². The second-order valence-corrected chi connectivity index (χ2v) is 11.1. The average Bonchev–Trinajstić information content (AvgIpc) is 3.22. The van der Waals surface area contributed by atoms with Crippen molar-refractivity contribution in [3.8, 4) is 0 Å². The van der Waals surface area contributed by atoms with Crippen LogP contribution in [-0.4, -0.2) is 80.3 Å². The van der Waals surface area contributed by atoms with E-state index in [0.717, 1.165) is 12.8 Å². The van der Waals surface area contributed by atoms with Crippen LogP contribution >= 0.6 is 0 Å². The van der Waals surface area contributed by atoms with Gasteiger partial charge in [0.15, 0.2) is 0 Å². The molecule has 3 saturated heterocycles. The van der Waals surface area contributed by atoms with Crippen molar-refractivity contribution in [2.24, 2.45) is 17.8 Å². The van der Waals surface area contributed by atoms with Crippen LogP contribution in [-0.2, 0) is 19.1 Å². The summed E-state index contributed by atoms with van der Waals surface area (Å²) in [6.07, 6.45) is 5.17. The number of aliphatic carboxylic acids is 1. The van der Waals surface area contributed by atoms with E-state index in [2.05, 4.69) is 6.58 Å². The summed E-state index contributed by atoms with van der Waals surface area (Å²) in [5, 5.41) is 19.1. The molecule has 33 heavy (non-hydrogen) atoms. The lowest BCUT2D eigenvalue weighted by atomic mass is 9.62. The number of nitrogens with zero attached hydrogens (tertiary/aromatic N) is 2. The number of aliphatic hydroxyl groups excluding tert-OH is 1. The Bertz CT molecular complexity index is 807. The fourth-order valence-electron chi connectivity index (χ4n) is 6.35. The molecule has 3 aliphatic heterocycles. The van der Waals surface area contributed by atoms with Gasteiger partial charge < -0.3 is 24.7 Å². The number of carboxylic acids is 1. The third-order valence-electron chi connectivity index (χ3n) is 8.01. The van der Waals surface area contributed by atoms with E-state index in [1.54, 1.807) is 22.8 Å². The Hall–Kier alpha value is -1.93. The Morgan fingerprint density at radius 3 is 2.45 bits per heavy atom. The largest absolute Gasteiger partial charge is 0.481 e. The number of rotatable bonds is 10. The number of carbonyl (C=O) groups is 3. The van der Waals surface area contributed by atoms with Crippen LogP contribution in [0.2, 0.25) is 0 Å². The summed E-state index contributed by atoms with van der Waals surface area (Å²) in [4.78, 5) is 43.5. The zero-order valence-electron chi connectivity index (χ0n) is 20.7. The quantitative estimate of drug-likeness (QED) is 0.380. The van der Waals surface area contributed by atoms with Crippen molar-refractivity contribution in [1.82, 2.24) is 9.80 Å². The van der Waals surface area contributed by atoms with E-state index in [9.17, 15) is 19.5 Å². The molecule has 0 aromatic carbocycles. The third-order valence-corrected chi connectivity index (χ3v) is 8.01. The van der Waals surface area contributed by atoms with Crippen LogP contribution in [0, 0.1) is 17.8 Å². The lowest BCUT2D eigenvalue weighted by Gasteiger charge is -2.42. The van der Waals surface area contributed by atoms with E-state index in [0.29, 0.717) is 32.4 Å². The minimum Gasteiger partial charge on any atom is -0.481 e. The van der Waals surface area contributed by atoms with Crippen LogP contribution in [0.25, 0.3) is 0 Å². The summed E-state index contributed by atoms with van der Waals surface area (Å²) in [6, 6.07) is -0.861. The summed E-state index contributed by atoms with van der Waals surface area (Å²) >= 11 is 0. The fraction of sp³-hybridized carbons (Fsp3) is 0.800. The van der Waals surface area contributed by atoms with Gasteiger partial charge in [-0.2, -0.15) is 0 Å². The molecule has 8 nitrogen and oxygen atoms in total. The Morgan fingerprint density at radius 1 is 1.27 bits per heavy atom. The van der Waals surface area contributed by atoms with Gasteiger partial charge in [0.2, 0.25) is 11.8 Å². The maximum Gasteiger partial charge on any atom is 0.310 e. The minimum atomic E-state index is -1.14. The maximum atomic E-state index is 14.1. The molecule has 0 saturated carbocycles. The average molecular weight is 465 g/mol. The number of unbranched alkanes of at least 4 members (excludes halogenated alkanes) is 3. The molecule has 3 aliphatic rings. The predicted molar refractivity (Wildman–Crippen MR) is 123 cm³/mol. The van der Waals surface area contributed by atoms with Crippen molar-refractivity contribution in [3.05, 3.63) is 12.7 Å². The lowest BCUT2D eigenvalue weighted by molar-refractivity contribution is -0.159. The molecule has 2 N–H and O–H groups in total. The van der Waals surface area contributed by atoms with Gasteiger partial charge in [0.1, 0.15) is 17.6 Å². The van der Waals surface area contributed by atoms with E-state index < -0.39 is 40.6 Å². The Morgan fingerprint density at radius 2 is 1.91 bits per heavy atom. The Labute approximate surface area is 196 Å². The molecule has 3 fully saturated rings. The molecule has 0 aromatic heterocycles. The monoisotopic (exact) mass is 464 g/mol. The predicted octanol–water partition coefficient (Wildman–Crippen LogP) is 2.45. The highest BCUT2D eigenvalue weighted by Gasteiger charge is 2.80. The van der Waals surface area contributed by atoms with Gasteiger partial charge in [-0.1, -0.05) is 25.8 Å². The first-order valence-corrected chi connectivity index (χ1v) is 12.1. The number of ether oxygens (including phenoxy) is 1. The van der Waals surface area contributed by atoms with Crippen molar-refractivity contribution in [3.63, 3.8) is 0 Å². The highest BCUT2D eigenvalue weighted by Crippen LogP contribution is 2.65. The topological polar surface area (TPSA) is 107 Å².